The first-order valence-corrected chi connectivity index (χ1v) is 16.0. The van der Waals surface area contributed by atoms with Crippen LogP contribution >= 0.6 is 0 Å². The number of rotatable bonds is 10. The second kappa shape index (κ2) is 16.6. The molecule has 0 spiro atoms. The van der Waals surface area contributed by atoms with Gasteiger partial charge in [-0.05, 0) is 96.2 Å². The first kappa shape index (κ1) is 34.3. The summed E-state index contributed by atoms with van der Waals surface area (Å²) in [6, 6.07) is 25.1. The topological polar surface area (TPSA) is 49.8 Å². The van der Waals surface area contributed by atoms with Crippen molar-refractivity contribution in [3.63, 3.8) is 0 Å². The highest BCUT2D eigenvalue weighted by Gasteiger charge is 2.15. The van der Waals surface area contributed by atoms with Gasteiger partial charge in [-0.2, -0.15) is 0 Å². The summed E-state index contributed by atoms with van der Waals surface area (Å²) < 4.78 is 0. The summed E-state index contributed by atoms with van der Waals surface area (Å²) in [5.41, 5.74) is 12.1. The highest BCUT2D eigenvalue weighted by atomic mass is 14.9. The molecule has 0 fully saturated rings. The van der Waals surface area contributed by atoms with E-state index in [1.54, 1.807) is 0 Å². The molecular weight excluding hydrogens is 536 g/mol. The number of hydrogen-bond donors (Lipinski definition) is 2. The number of pyridine rings is 2. The van der Waals surface area contributed by atoms with Gasteiger partial charge in [0.15, 0.2) is 0 Å². The molecule has 0 saturated heterocycles. The Labute approximate surface area is 266 Å². The Morgan fingerprint density at radius 2 is 0.795 bits per heavy atom. The zero-order chi connectivity index (χ0) is 32.2. The summed E-state index contributed by atoms with van der Waals surface area (Å²) in [6.45, 7) is 22.1. The molecule has 0 radical (unpaired) electrons. The van der Waals surface area contributed by atoms with E-state index in [0.29, 0.717) is 23.7 Å². The van der Waals surface area contributed by atoms with Gasteiger partial charge in [-0.15, -0.1) is 0 Å². The predicted octanol–water partition coefficient (Wildman–Crippen LogP) is 11.6. The molecule has 2 aromatic carbocycles. The zero-order valence-electron chi connectivity index (χ0n) is 28.4. The van der Waals surface area contributed by atoms with E-state index < -0.39 is 0 Å². The molecule has 0 unspecified atom stereocenters. The molecule has 2 N–H and O–H groups in total. The number of hydrogen-bond acceptors (Lipinski definition) is 4. The van der Waals surface area contributed by atoms with Crippen molar-refractivity contribution >= 4 is 23.5 Å². The second-order valence-corrected chi connectivity index (χ2v) is 12.7. The number of para-hydroxylation sites is 2. The summed E-state index contributed by atoms with van der Waals surface area (Å²) in [7, 11) is 0. The molecule has 0 aliphatic rings. The van der Waals surface area contributed by atoms with E-state index >= 15 is 0 Å². The van der Waals surface area contributed by atoms with Crippen LogP contribution in [-0.4, -0.2) is 9.97 Å². The maximum Gasteiger partial charge on any atom is 0.0646 e. The Morgan fingerprint density at radius 1 is 0.477 bits per heavy atom. The monoisotopic (exact) mass is 588 g/mol. The number of benzene rings is 2. The van der Waals surface area contributed by atoms with Crippen LogP contribution in [-0.2, 0) is 0 Å². The van der Waals surface area contributed by atoms with Gasteiger partial charge in [0.1, 0.15) is 0 Å². The van der Waals surface area contributed by atoms with Crippen molar-refractivity contribution in [2.45, 2.75) is 92.9 Å². The minimum absolute atomic E-state index is 0.490. The summed E-state index contributed by atoms with van der Waals surface area (Å²) in [5.74, 6) is 1.96. The third kappa shape index (κ3) is 9.94. The summed E-state index contributed by atoms with van der Waals surface area (Å²) >= 11 is 0. The fourth-order valence-corrected chi connectivity index (χ4v) is 5.22. The fourth-order valence-electron chi connectivity index (χ4n) is 5.22. The van der Waals surface area contributed by atoms with Crippen LogP contribution in [0.25, 0.3) is 12.2 Å². The first-order valence-electron chi connectivity index (χ1n) is 16.0. The van der Waals surface area contributed by atoms with Gasteiger partial charge in [0.25, 0.3) is 0 Å². The van der Waals surface area contributed by atoms with E-state index in [0.717, 1.165) is 22.8 Å². The lowest BCUT2D eigenvalue weighted by Crippen LogP contribution is -2.06. The average Bonchev–Trinajstić information content (AvgIpc) is 2.98. The van der Waals surface area contributed by atoms with Crippen molar-refractivity contribution in [2.24, 2.45) is 0 Å². The van der Waals surface area contributed by atoms with Crippen molar-refractivity contribution in [3.05, 3.63) is 130 Å². The van der Waals surface area contributed by atoms with E-state index in [1.807, 2.05) is 48.8 Å². The van der Waals surface area contributed by atoms with E-state index in [-0.39, 0.29) is 0 Å². The third-order valence-corrected chi connectivity index (χ3v) is 7.49. The molecule has 4 aromatic rings. The summed E-state index contributed by atoms with van der Waals surface area (Å²) in [4.78, 5) is 8.72. The number of nitrogens with zero attached hydrogens (tertiary/aromatic N) is 2. The molecule has 4 rings (SSSR count). The van der Waals surface area contributed by atoms with Gasteiger partial charge in [-0.3, -0.25) is 9.97 Å². The van der Waals surface area contributed by atoms with Crippen molar-refractivity contribution in [1.29, 1.82) is 0 Å². The molecule has 2 aromatic heterocycles. The second-order valence-electron chi connectivity index (χ2n) is 12.7. The number of allylic oxidation sites excluding steroid dienone is 2. The summed E-state index contributed by atoms with van der Waals surface area (Å²) in [5, 5.41) is 7.22. The lowest BCUT2D eigenvalue weighted by atomic mass is 9.92. The molecular formula is C40H52N4. The Bertz CT molecular complexity index is 1340. The number of anilines is 2. The van der Waals surface area contributed by atoms with Crippen LogP contribution in [0.5, 0.6) is 0 Å². The van der Waals surface area contributed by atoms with Crippen LogP contribution in [0.4, 0.5) is 11.4 Å². The molecule has 0 atom stereocenters. The normalized spacial score (nSPS) is 12.0. The van der Waals surface area contributed by atoms with E-state index in [2.05, 4.69) is 138 Å². The smallest absolute Gasteiger partial charge is 0.0646 e. The highest BCUT2D eigenvalue weighted by molar-refractivity contribution is 5.67. The van der Waals surface area contributed by atoms with Gasteiger partial charge in [-0.25, -0.2) is 0 Å². The fraction of sp³-hybridized carbons (Fsp3) is 0.350. The minimum Gasteiger partial charge on any atom is -0.359 e. The predicted molar refractivity (Wildman–Crippen MR) is 192 cm³/mol. The first-order chi connectivity index (χ1) is 21.0. The maximum atomic E-state index is 4.36. The molecule has 0 bridgehead atoms. The molecule has 4 heteroatoms. The quantitative estimate of drug-likeness (QED) is 0.193. The Balaban J connectivity index is 0.000000240. The molecule has 4 nitrogen and oxygen atoms in total. The molecule has 0 amide bonds. The SMILES string of the molecule is C/C(=C/c1ccccn1)Nc1c(C(C)C)cccc1C(C)C.C/C(=C/c1ccccn1)Nc1c(C(C)C)cccc1C(C)C. The van der Waals surface area contributed by atoms with Crippen LogP contribution in [0.3, 0.4) is 0 Å². The molecule has 0 aliphatic carbocycles. The maximum absolute atomic E-state index is 4.36. The third-order valence-electron chi connectivity index (χ3n) is 7.49. The van der Waals surface area contributed by atoms with Crippen molar-refractivity contribution in [1.82, 2.24) is 9.97 Å². The van der Waals surface area contributed by atoms with Gasteiger partial charge in [0, 0.05) is 35.2 Å². The molecule has 44 heavy (non-hydrogen) atoms. The Hall–Kier alpha value is -4.18. The van der Waals surface area contributed by atoms with Crippen LogP contribution in [0.15, 0.2) is 96.6 Å². The standard InChI is InChI=1S/2C20H26N2/c2*1-14(2)18-10-8-11-19(15(3)4)20(18)22-16(5)13-17-9-6-7-12-21-17/h2*6-15,22H,1-5H3/b2*16-13-. The van der Waals surface area contributed by atoms with Crippen LogP contribution in [0.2, 0.25) is 0 Å². The van der Waals surface area contributed by atoms with Gasteiger partial charge < -0.3 is 10.6 Å². The lowest BCUT2D eigenvalue weighted by Gasteiger charge is -2.21. The molecule has 0 aliphatic heterocycles. The van der Waals surface area contributed by atoms with Crippen molar-refractivity contribution in [3.8, 4) is 0 Å². The minimum atomic E-state index is 0.490. The van der Waals surface area contributed by atoms with Crippen LogP contribution in [0, 0.1) is 0 Å². The highest BCUT2D eigenvalue weighted by Crippen LogP contribution is 2.34. The largest absolute Gasteiger partial charge is 0.359 e. The van der Waals surface area contributed by atoms with E-state index in [4.69, 9.17) is 0 Å². The number of aromatic nitrogens is 2. The van der Waals surface area contributed by atoms with E-state index in [1.165, 1.54) is 33.6 Å². The van der Waals surface area contributed by atoms with Gasteiger partial charge in [0.05, 0.1) is 11.4 Å². The Morgan fingerprint density at radius 3 is 1.05 bits per heavy atom. The van der Waals surface area contributed by atoms with Crippen molar-refractivity contribution < 1.29 is 0 Å². The van der Waals surface area contributed by atoms with Crippen molar-refractivity contribution in [2.75, 3.05) is 10.6 Å². The summed E-state index contributed by atoms with van der Waals surface area (Å²) in [6.07, 6.45) is 7.81. The van der Waals surface area contributed by atoms with Gasteiger partial charge in [-0.1, -0.05) is 104 Å². The lowest BCUT2D eigenvalue weighted by molar-refractivity contribution is 0.837. The number of nitrogens with one attached hydrogen (secondary N) is 2. The van der Waals surface area contributed by atoms with E-state index in [9.17, 15) is 0 Å². The molecule has 0 saturated carbocycles. The molecule has 2 heterocycles. The Kier molecular flexibility index (Phi) is 13.0. The van der Waals surface area contributed by atoms with Gasteiger partial charge >= 0.3 is 0 Å². The van der Waals surface area contributed by atoms with Gasteiger partial charge in [0.2, 0.25) is 0 Å². The molecule has 232 valence electrons. The average molecular weight is 589 g/mol. The van der Waals surface area contributed by atoms with Crippen LogP contribution in [0.1, 0.15) is 127 Å². The van der Waals surface area contributed by atoms with Crippen LogP contribution < -0.4 is 10.6 Å². The zero-order valence-corrected chi connectivity index (χ0v) is 28.4.